The maximum Gasteiger partial charge on any atom is -0.00201 e. The second-order valence-electron chi connectivity index (χ2n) is 12.1. The Kier molecular flexibility index (Phi) is 4.81. The molecule has 0 amide bonds. The quantitative estimate of drug-likeness (QED) is 0.191. The van der Waals surface area contributed by atoms with Crippen LogP contribution in [-0.2, 0) is 0 Å². The first-order chi connectivity index (χ1) is 21.8. The third-order valence-corrected chi connectivity index (χ3v) is 9.72. The maximum atomic E-state index is 2.41. The van der Waals surface area contributed by atoms with Crippen LogP contribution in [0.25, 0.3) is 98.7 Å². The van der Waals surface area contributed by atoms with E-state index < -0.39 is 0 Å². The number of hydrogen-bond donors (Lipinski definition) is 0. The van der Waals surface area contributed by atoms with Crippen LogP contribution in [0.1, 0.15) is 0 Å². The van der Waals surface area contributed by atoms with Crippen LogP contribution in [0.15, 0.2) is 158 Å². The predicted octanol–water partition coefficient (Wildman–Crippen LogP) is 12.4. The average Bonchev–Trinajstić information content (AvgIpc) is 3.43. The smallest absolute Gasteiger partial charge is 0.00201 e. The lowest BCUT2D eigenvalue weighted by atomic mass is 9.86. The van der Waals surface area contributed by atoms with Gasteiger partial charge in [0, 0.05) is 0 Å². The molecule has 1 aliphatic rings. The zero-order chi connectivity index (χ0) is 28.8. The highest BCUT2D eigenvalue weighted by Gasteiger charge is 2.24. The summed E-state index contributed by atoms with van der Waals surface area (Å²) in [4.78, 5) is 0. The Morgan fingerprint density at radius 3 is 1.59 bits per heavy atom. The van der Waals surface area contributed by atoms with Crippen LogP contribution in [-0.4, -0.2) is 0 Å². The Morgan fingerprint density at radius 2 is 0.795 bits per heavy atom. The minimum absolute atomic E-state index is 1.23. The molecule has 0 atom stereocenters. The van der Waals surface area contributed by atoms with Crippen molar-refractivity contribution in [1.82, 2.24) is 0 Å². The fraction of sp³-hybridized carbons (Fsp3) is 0. The van der Waals surface area contributed by atoms with Gasteiger partial charge in [0.1, 0.15) is 0 Å². The second kappa shape index (κ2) is 8.89. The molecule has 0 saturated heterocycles. The molecule has 0 spiro atoms. The van der Waals surface area contributed by atoms with Crippen molar-refractivity contribution in [2.75, 3.05) is 0 Å². The highest BCUT2D eigenvalue weighted by atomic mass is 14.3. The monoisotopic (exact) mass is 554 g/mol. The molecule has 0 nitrogen and oxygen atoms in total. The van der Waals surface area contributed by atoms with Gasteiger partial charge in [-0.15, -0.1) is 0 Å². The van der Waals surface area contributed by atoms with E-state index in [4.69, 9.17) is 0 Å². The van der Waals surface area contributed by atoms with E-state index in [-0.39, 0.29) is 0 Å². The molecular weight excluding hydrogens is 528 g/mol. The minimum atomic E-state index is 1.23. The van der Waals surface area contributed by atoms with Crippen molar-refractivity contribution in [2.24, 2.45) is 0 Å². The molecule has 1 aliphatic carbocycles. The molecule has 202 valence electrons. The first-order valence-electron chi connectivity index (χ1n) is 15.4. The van der Waals surface area contributed by atoms with Crippen molar-refractivity contribution >= 4 is 43.1 Å². The largest absolute Gasteiger partial charge is 0.0622 e. The standard InChI is InChI=1S/C44H26/c1-2-8-27(9-3-1)32-24-33(35-22-20-31-19-18-29-10-4-11-30-21-23-39(35)43(31)41(29)30)26-34(25-32)36-14-7-16-38-37-15-5-12-28-13-6-17-40(42(28)37)44(36)38/h1-26H. The van der Waals surface area contributed by atoms with Gasteiger partial charge < -0.3 is 0 Å². The van der Waals surface area contributed by atoms with Gasteiger partial charge in [0.05, 0.1) is 0 Å². The van der Waals surface area contributed by atoms with E-state index in [1.54, 1.807) is 0 Å². The Hall–Kier alpha value is -5.72. The summed E-state index contributed by atoms with van der Waals surface area (Å²) >= 11 is 0. The number of fused-ring (bicyclic) bond motifs is 3. The van der Waals surface area contributed by atoms with Gasteiger partial charge in [0.15, 0.2) is 0 Å². The van der Waals surface area contributed by atoms with Crippen LogP contribution in [0.3, 0.4) is 0 Å². The van der Waals surface area contributed by atoms with Gasteiger partial charge in [-0.3, -0.25) is 0 Å². The van der Waals surface area contributed by atoms with Crippen molar-refractivity contribution in [2.45, 2.75) is 0 Å². The molecule has 44 heavy (non-hydrogen) atoms. The minimum Gasteiger partial charge on any atom is -0.0622 e. The van der Waals surface area contributed by atoms with Crippen LogP contribution < -0.4 is 0 Å². The molecule has 0 aliphatic heterocycles. The van der Waals surface area contributed by atoms with Crippen molar-refractivity contribution < 1.29 is 0 Å². The Morgan fingerprint density at radius 1 is 0.250 bits per heavy atom. The Balaban J connectivity index is 1.27. The molecule has 0 unspecified atom stereocenters. The topological polar surface area (TPSA) is 0 Å². The normalized spacial score (nSPS) is 12.1. The summed E-state index contributed by atoms with van der Waals surface area (Å²) in [7, 11) is 0. The molecule has 0 fully saturated rings. The van der Waals surface area contributed by atoms with Crippen molar-refractivity contribution in [3.8, 4) is 55.6 Å². The molecule has 0 saturated carbocycles. The van der Waals surface area contributed by atoms with E-state index in [2.05, 4.69) is 158 Å². The zero-order valence-corrected chi connectivity index (χ0v) is 24.0. The fourth-order valence-electron chi connectivity index (χ4n) is 7.80. The highest BCUT2D eigenvalue weighted by molar-refractivity contribution is 6.25. The number of rotatable bonds is 3. The Labute approximate surface area is 255 Å². The summed E-state index contributed by atoms with van der Waals surface area (Å²) < 4.78 is 0. The third-order valence-electron chi connectivity index (χ3n) is 9.72. The van der Waals surface area contributed by atoms with Crippen LogP contribution in [0, 0.1) is 0 Å². The van der Waals surface area contributed by atoms with Crippen LogP contribution >= 0.6 is 0 Å². The SMILES string of the molecule is c1ccc(-c2cc(-c3cccc4c3-c3cccc5cccc-4c35)cc(-c3ccc4ccc5cccc6ccc3c4c56)c2)cc1. The van der Waals surface area contributed by atoms with E-state index >= 15 is 0 Å². The summed E-state index contributed by atoms with van der Waals surface area (Å²) in [6.45, 7) is 0. The van der Waals surface area contributed by atoms with Gasteiger partial charge in [-0.1, -0.05) is 140 Å². The van der Waals surface area contributed by atoms with E-state index in [0.717, 1.165) is 0 Å². The maximum absolute atomic E-state index is 2.41. The van der Waals surface area contributed by atoms with Crippen molar-refractivity contribution in [3.63, 3.8) is 0 Å². The highest BCUT2D eigenvalue weighted by Crippen LogP contribution is 2.51. The van der Waals surface area contributed by atoms with Crippen LogP contribution in [0.4, 0.5) is 0 Å². The summed E-state index contributed by atoms with van der Waals surface area (Å²) in [5.74, 6) is 0. The van der Waals surface area contributed by atoms with Crippen LogP contribution in [0.5, 0.6) is 0 Å². The molecule has 9 aromatic carbocycles. The first kappa shape index (κ1) is 23.8. The molecule has 0 heteroatoms. The predicted molar refractivity (Wildman–Crippen MR) is 188 cm³/mol. The molecule has 0 radical (unpaired) electrons. The van der Waals surface area contributed by atoms with E-state index in [1.807, 2.05) is 0 Å². The van der Waals surface area contributed by atoms with Gasteiger partial charge in [-0.25, -0.2) is 0 Å². The summed E-state index contributed by atoms with van der Waals surface area (Å²) in [5, 5.41) is 10.6. The molecule has 0 bridgehead atoms. The van der Waals surface area contributed by atoms with E-state index in [1.165, 1.54) is 98.7 Å². The Bertz CT molecular complexity index is 2570. The summed E-state index contributed by atoms with van der Waals surface area (Å²) in [6.07, 6.45) is 0. The summed E-state index contributed by atoms with van der Waals surface area (Å²) in [6, 6.07) is 58.6. The lowest BCUT2D eigenvalue weighted by Gasteiger charge is -2.17. The van der Waals surface area contributed by atoms with Gasteiger partial charge in [0.2, 0.25) is 0 Å². The zero-order valence-electron chi connectivity index (χ0n) is 24.0. The first-order valence-corrected chi connectivity index (χ1v) is 15.4. The lowest BCUT2D eigenvalue weighted by Crippen LogP contribution is -1.91. The van der Waals surface area contributed by atoms with Gasteiger partial charge in [-0.2, -0.15) is 0 Å². The number of benzene rings is 9. The molecule has 9 aromatic rings. The fourth-order valence-corrected chi connectivity index (χ4v) is 7.80. The van der Waals surface area contributed by atoms with Gasteiger partial charge >= 0.3 is 0 Å². The molecule has 0 heterocycles. The lowest BCUT2D eigenvalue weighted by molar-refractivity contribution is 1.58. The number of hydrogen-bond acceptors (Lipinski definition) is 0. The average molecular weight is 555 g/mol. The van der Waals surface area contributed by atoms with Crippen molar-refractivity contribution in [3.05, 3.63) is 158 Å². The van der Waals surface area contributed by atoms with Crippen LogP contribution in [0.2, 0.25) is 0 Å². The van der Waals surface area contributed by atoms with E-state index in [0.29, 0.717) is 0 Å². The molecule has 10 rings (SSSR count). The molecule has 0 N–H and O–H groups in total. The van der Waals surface area contributed by atoms with Crippen molar-refractivity contribution in [1.29, 1.82) is 0 Å². The molecular formula is C44H26. The third kappa shape index (κ3) is 3.28. The van der Waals surface area contributed by atoms with Gasteiger partial charge in [0.25, 0.3) is 0 Å². The van der Waals surface area contributed by atoms with E-state index in [9.17, 15) is 0 Å². The molecule has 0 aromatic heterocycles. The second-order valence-corrected chi connectivity index (χ2v) is 12.1. The summed E-state index contributed by atoms with van der Waals surface area (Å²) in [5.41, 5.74) is 12.8. The van der Waals surface area contributed by atoms with Gasteiger partial charge in [-0.05, 0) is 117 Å².